The van der Waals surface area contributed by atoms with E-state index in [9.17, 15) is 0 Å². The number of aromatic nitrogens is 1. The summed E-state index contributed by atoms with van der Waals surface area (Å²) in [5.41, 5.74) is 9.68. The molecule has 96 valence electrons. The molecule has 2 rings (SSSR count). The third-order valence-electron chi connectivity index (χ3n) is 3.33. The first kappa shape index (κ1) is 13.0. The molecule has 1 atom stereocenters. The van der Waals surface area contributed by atoms with Gasteiger partial charge in [0.05, 0.1) is 5.52 Å². The van der Waals surface area contributed by atoms with Crippen LogP contribution in [0.5, 0.6) is 0 Å². The summed E-state index contributed by atoms with van der Waals surface area (Å²) in [6.07, 6.45) is 2.20. The van der Waals surface area contributed by atoms with Crippen molar-refractivity contribution in [2.24, 2.45) is 11.7 Å². The van der Waals surface area contributed by atoms with Crippen LogP contribution in [0.4, 0.5) is 0 Å². The summed E-state index contributed by atoms with van der Waals surface area (Å²) in [5, 5.41) is 1.19. The zero-order chi connectivity index (χ0) is 13.1. The number of nitrogens with two attached hydrogens (primary N) is 1. The highest BCUT2D eigenvalue weighted by Gasteiger charge is 2.11. The number of pyridine rings is 1. The highest BCUT2D eigenvalue weighted by Crippen LogP contribution is 2.26. The van der Waals surface area contributed by atoms with E-state index in [0.29, 0.717) is 5.92 Å². The number of benzene rings is 1. The van der Waals surface area contributed by atoms with E-state index in [1.165, 1.54) is 10.9 Å². The van der Waals surface area contributed by atoms with Crippen LogP contribution in [0.15, 0.2) is 30.3 Å². The Morgan fingerprint density at radius 2 is 1.89 bits per heavy atom. The lowest BCUT2D eigenvalue weighted by molar-refractivity contribution is 0.508. The molecular weight excluding hydrogens is 220 g/mol. The molecule has 2 nitrogen and oxygen atoms in total. The van der Waals surface area contributed by atoms with Crippen molar-refractivity contribution in [2.45, 2.75) is 39.7 Å². The average Bonchev–Trinajstić information content (AvgIpc) is 2.34. The highest BCUT2D eigenvalue weighted by molar-refractivity contribution is 5.82. The van der Waals surface area contributed by atoms with Gasteiger partial charge in [-0.2, -0.15) is 0 Å². The molecule has 1 aromatic carbocycles. The molecule has 0 bridgehead atoms. The van der Waals surface area contributed by atoms with E-state index in [1.54, 1.807) is 0 Å². The summed E-state index contributed by atoms with van der Waals surface area (Å²) in [4.78, 5) is 4.56. The summed E-state index contributed by atoms with van der Waals surface area (Å²) >= 11 is 0. The van der Waals surface area contributed by atoms with Crippen molar-refractivity contribution >= 4 is 10.9 Å². The molecule has 18 heavy (non-hydrogen) atoms. The van der Waals surface area contributed by atoms with Gasteiger partial charge in [0.15, 0.2) is 0 Å². The normalized spacial score (nSPS) is 13.2. The number of rotatable bonds is 4. The average molecular weight is 242 g/mol. The predicted octanol–water partition coefficient (Wildman–Crippen LogP) is 3.98. The van der Waals surface area contributed by atoms with Crippen LogP contribution in [0.25, 0.3) is 10.9 Å². The quantitative estimate of drug-likeness (QED) is 0.880. The second kappa shape index (κ2) is 5.49. The molecule has 1 aromatic heterocycles. The summed E-state index contributed by atoms with van der Waals surface area (Å²) < 4.78 is 0. The summed E-state index contributed by atoms with van der Waals surface area (Å²) in [5.74, 6) is 0.699. The van der Waals surface area contributed by atoms with Gasteiger partial charge in [-0.05, 0) is 43.4 Å². The Morgan fingerprint density at radius 3 is 2.61 bits per heavy atom. The number of nitrogens with zero attached hydrogens (tertiary/aromatic N) is 1. The lowest BCUT2D eigenvalue weighted by atomic mass is 9.95. The fourth-order valence-electron chi connectivity index (χ4n) is 2.32. The Kier molecular flexibility index (Phi) is 3.97. The Morgan fingerprint density at radius 1 is 1.17 bits per heavy atom. The van der Waals surface area contributed by atoms with Crippen molar-refractivity contribution < 1.29 is 0 Å². The first-order chi connectivity index (χ1) is 8.58. The van der Waals surface area contributed by atoms with Crippen molar-refractivity contribution in [3.8, 4) is 0 Å². The zero-order valence-corrected chi connectivity index (χ0v) is 11.5. The number of hydrogen-bond acceptors (Lipinski definition) is 2. The fraction of sp³-hybridized carbons (Fsp3) is 0.438. The molecule has 0 aliphatic carbocycles. The van der Waals surface area contributed by atoms with Crippen molar-refractivity contribution in [1.29, 1.82) is 0 Å². The van der Waals surface area contributed by atoms with Gasteiger partial charge in [-0.3, -0.25) is 4.98 Å². The minimum atomic E-state index is 0.110. The van der Waals surface area contributed by atoms with E-state index in [2.05, 4.69) is 43.1 Å². The van der Waals surface area contributed by atoms with Gasteiger partial charge in [-0.25, -0.2) is 0 Å². The van der Waals surface area contributed by atoms with Crippen LogP contribution < -0.4 is 5.73 Å². The van der Waals surface area contributed by atoms with Crippen molar-refractivity contribution in [3.05, 3.63) is 41.6 Å². The second-order valence-electron chi connectivity index (χ2n) is 5.45. The molecule has 0 radical (unpaired) electrons. The van der Waals surface area contributed by atoms with Crippen molar-refractivity contribution in [1.82, 2.24) is 4.98 Å². The Labute approximate surface area is 109 Å². The standard InChI is InChI=1S/C16H22N2/c1-11(2)8-9-15(17)14-10-12(3)18-16-7-5-4-6-13(14)16/h4-7,10-11,15H,8-9,17H2,1-3H3. The lowest BCUT2D eigenvalue weighted by Gasteiger charge is -2.16. The first-order valence-electron chi connectivity index (χ1n) is 6.70. The molecule has 0 fully saturated rings. The van der Waals surface area contributed by atoms with Gasteiger partial charge >= 0.3 is 0 Å². The number of aryl methyl sites for hydroxylation is 1. The molecule has 0 saturated heterocycles. The minimum absolute atomic E-state index is 0.110. The number of fused-ring (bicyclic) bond motifs is 1. The Balaban J connectivity index is 2.36. The van der Waals surface area contributed by atoms with Gasteiger partial charge in [-0.15, -0.1) is 0 Å². The molecule has 0 amide bonds. The topological polar surface area (TPSA) is 38.9 Å². The largest absolute Gasteiger partial charge is 0.324 e. The summed E-state index contributed by atoms with van der Waals surface area (Å²) in [6.45, 7) is 6.51. The van der Waals surface area contributed by atoms with E-state index in [1.807, 2.05) is 13.0 Å². The van der Waals surface area contributed by atoms with Crippen LogP contribution >= 0.6 is 0 Å². The van der Waals surface area contributed by atoms with Crippen LogP contribution in [0.3, 0.4) is 0 Å². The Bertz CT molecular complexity index is 532. The van der Waals surface area contributed by atoms with Crippen LogP contribution in [-0.4, -0.2) is 4.98 Å². The van der Waals surface area contributed by atoms with E-state index in [0.717, 1.165) is 24.1 Å². The molecule has 0 spiro atoms. The highest BCUT2D eigenvalue weighted by atomic mass is 14.7. The lowest BCUT2D eigenvalue weighted by Crippen LogP contribution is -2.12. The van der Waals surface area contributed by atoms with E-state index in [-0.39, 0.29) is 6.04 Å². The van der Waals surface area contributed by atoms with Gasteiger partial charge < -0.3 is 5.73 Å². The third-order valence-corrected chi connectivity index (χ3v) is 3.33. The molecule has 0 aliphatic rings. The molecule has 2 N–H and O–H groups in total. The van der Waals surface area contributed by atoms with Gasteiger partial charge in [0, 0.05) is 17.1 Å². The van der Waals surface area contributed by atoms with E-state index < -0.39 is 0 Å². The van der Waals surface area contributed by atoms with Crippen molar-refractivity contribution in [2.75, 3.05) is 0 Å². The molecule has 1 unspecified atom stereocenters. The maximum Gasteiger partial charge on any atom is 0.0708 e. The Hall–Kier alpha value is -1.41. The van der Waals surface area contributed by atoms with E-state index in [4.69, 9.17) is 5.73 Å². The maximum absolute atomic E-state index is 6.35. The SMILES string of the molecule is Cc1cc(C(N)CCC(C)C)c2ccccc2n1. The summed E-state index contributed by atoms with van der Waals surface area (Å²) in [7, 11) is 0. The minimum Gasteiger partial charge on any atom is -0.324 e. The number of para-hydroxylation sites is 1. The summed E-state index contributed by atoms with van der Waals surface area (Å²) in [6, 6.07) is 10.5. The molecule has 1 heterocycles. The molecule has 0 aliphatic heterocycles. The smallest absolute Gasteiger partial charge is 0.0708 e. The van der Waals surface area contributed by atoms with Crippen LogP contribution in [0, 0.1) is 12.8 Å². The molecule has 0 saturated carbocycles. The second-order valence-corrected chi connectivity index (χ2v) is 5.45. The van der Waals surface area contributed by atoms with Crippen LogP contribution in [-0.2, 0) is 0 Å². The molecule has 2 aromatic rings. The fourth-order valence-corrected chi connectivity index (χ4v) is 2.32. The van der Waals surface area contributed by atoms with Crippen LogP contribution in [0.1, 0.15) is 44.0 Å². The van der Waals surface area contributed by atoms with E-state index >= 15 is 0 Å². The van der Waals surface area contributed by atoms with Gasteiger partial charge in [0.2, 0.25) is 0 Å². The zero-order valence-electron chi connectivity index (χ0n) is 11.5. The molecule has 2 heteroatoms. The monoisotopic (exact) mass is 242 g/mol. The van der Waals surface area contributed by atoms with Gasteiger partial charge in [0.25, 0.3) is 0 Å². The third kappa shape index (κ3) is 2.88. The first-order valence-corrected chi connectivity index (χ1v) is 6.70. The predicted molar refractivity (Wildman–Crippen MR) is 77.5 cm³/mol. The number of hydrogen-bond donors (Lipinski definition) is 1. The molecular formula is C16H22N2. The van der Waals surface area contributed by atoms with Crippen molar-refractivity contribution in [3.63, 3.8) is 0 Å². The van der Waals surface area contributed by atoms with Gasteiger partial charge in [0.1, 0.15) is 0 Å². The van der Waals surface area contributed by atoms with Crippen LogP contribution in [0.2, 0.25) is 0 Å². The maximum atomic E-state index is 6.35. The van der Waals surface area contributed by atoms with Gasteiger partial charge in [-0.1, -0.05) is 32.0 Å².